The fraction of sp³-hybridized carbons (Fsp3) is 0.296. The van der Waals surface area contributed by atoms with Crippen LogP contribution in [-0.4, -0.2) is 39.9 Å². The number of nitrogens with zero attached hydrogens (tertiary/aromatic N) is 1. The van der Waals surface area contributed by atoms with Crippen LogP contribution in [0.3, 0.4) is 0 Å². The quantitative estimate of drug-likeness (QED) is 0.432. The molecule has 0 saturated heterocycles. The summed E-state index contributed by atoms with van der Waals surface area (Å²) in [4.78, 5) is 14.4. The molecule has 0 spiro atoms. The highest BCUT2D eigenvalue weighted by atomic mass is 35.5. The highest BCUT2D eigenvalue weighted by molar-refractivity contribution is 6.30. The van der Waals surface area contributed by atoms with Gasteiger partial charge >= 0.3 is 6.09 Å². The van der Waals surface area contributed by atoms with E-state index in [0.717, 1.165) is 16.7 Å². The summed E-state index contributed by atoms with van der Waals surface area (Å²) in [5, 5.41) is 20.9. The minimum absolute atomic E-state index is 0.0939. The number of halogens is 1. The maximum Gasteiger partial charge on any atom is 0.410 e. The Bertz CT molecular complexity index is 1080. The van der Waals surface area contributed by atoms with Crippen molar-refractivity contribution in [2.24, 2.45) is 0 Å². The van der Waals surface area contributed by atoms with Gasteiger partial charge in [0.15, 0.2) is 0 Å². The summed E-state index contributed by atoms with van der Waals surface area (Å²) in [6.07, 6.45) is -0.758. The number of aromatic hydroxyl groups is 1. The van der Waals surface area contributed by atoms with Crippen molar-refractivity contribution < 1.29 is 19.7 Å². The second-order valence-electron chi connectivity index (χ2n) is 8.99. The first-order valence-corrected chi connectivity index (χ1v) is 11.3. The zero-order valence-corrected chi connectivity index (χ0v) is 19.9. The molecule has 174 valence electrons. The summed E-state index contributed by atoms with van der Waals surface area (Å²) < 4.78 is 5.56. The zero-order valence-electron chi connectivity index (χ0n) is 19.2. The summed E-state index contributed by atoms with van der Waals surface area (Å²) >= 11 is 6.05. The molecule has 0 radical (unpaired) electrons. The van der Waals surface area contributed by atoms with E-state index in [0.29, 0.717) is 23.6 Å². The standard InChI is InChI=1S/C27H30ClNO4/c1-27(2,3)33-26(32)29(18-25(31)22-7-4-8-23(28)16-22)15-14-19-10-12-20(13-11-19)21-6-5-9-24(30)17-21/h4-13,16-17,25,30-31H,14-15,18H2,1-3H3. The Hall–Kier alpha value is -3.02. The Balaban J connectivity index is 1.70. The molecular weight excluding hydrogens is 438 g/mol. The van der Waals surface area contributed by atoms with Crippen molar-refractivity contribution >= 4 is 17.7 Å². The number of rotatable bonds is 7. The number of phenols is 1. The van der Waals surface area contributed by atoms with Crippen LogP contribution in [0.15, 0.2) is 72.8 Å². The number of amides is 1. The van der Waals surface area contributed by atoms with Crippen LogP contribution >= 0.6 is 11.6 Å². The number of ether oxygens (including phenoxy) is 1. The van der Waals surface area contributed by atoms with Crippen molar-refractivity contribution in [2.45, 2.75) is 38.9 Å². The molecule has 1 unspecified atom stereocenters. The molecular formula is C27H30ClNO4. The number of hydrogen-bond donors (Lipinski definition) is 2. The lowest BCUT2D eigenvalue weighted by Crippen LogP contribution is -2.40. The minimum atomic E-state index is -0.885. The van der Waals surface area contributed by atoms with Crippen LogP contribution in [0, 0.1) is 0 Å². The minimum Gasteiger partial charge on any atom is -0.508 e. The van der Waals surface area contributed by atoms with Gasteiger partial charge in [0.2, 0.25) is 0 Å². The van der Waals surface area contributed by atoms with Crippen LogP contribution in [0.25, 0.3) is 11.1 Å². The van der Waals surface area contributed by atoms with Gasteiger partial charge in [-0.15, -0.1) is 0 Å². The monoisotopic (exact) mass is 467 g/mol. The van der Waals surface area contributed by atoms with E-state index in [1.807, 2.05) is 57.2 Å². The van der Waals surface area contributed by atoms with Crippen LogP contribution < -0.4 is 0 Å². The van der Waals surface area contributed by atoms with Gasteiger partial charge in [-0.05, 0) is 73.7 Å². The molecule has 0 heterocycles. The van der Waals surface area contributed by atoms with Crippen LogP contribution in [0.1, 0.15) is 38.0 Å². The summed E-state index contributed by atoms with van der Waals surface area (Å²) in [5.74, 6) is 0.225. The van der Waals surface area contributed by atoms with Gasteiger partial charge in [-0.25, -0.2) is 4.79 Å². The molecule has 0 aliphatic heterocycles. The Labute approximate surface area is 200 Å². The molecule has 0 aliphatic carbocycles. The molecule has 1 atom stereocenters. The Morgan fingerprint density at radius 1 is 1.00 bits per heavy atom. The molecule has 1 amide bonds. The van der Waals surface area contributed by atoms with Gasteiger partial charge in [0.1, 0.15) is 11.4 Å². The lowest BCUT2D eigenvalue weighted by Gasteiger charge is -2.29. The fourth-order valence-corrected chi connectivity index (χ4v) is 3.62. The topological polar surface area (TPSA) is 70.0 Å². The molecule has 0 aliphatic rings. The second kappa shape index (κ2) is 10.7. The van der Waals surface area contributed by atoms with Crippen LogP contribution in [-0.2, 0) is 11.2 Å². The van der Waals surface area contributed by atoms with Crippen molar-refractivity contribution in [1.29, 1.82) is 0 Å². The molecule has 33 heavy (non-hydrogen) atoms. The average molecular weight is 468 g/mol. The van der Waals surface area contributed by atoms with Gasteiger partial charge in [0, 0.05) is 11.6 Å². The third kappa shape index (κ3) is 7.52. The van der Waals surface area contributed by atoms with Crippen molar-refractivity contribution in [3.63, 3.8) is 0 Å². The zero-order chi connectivity index (χ0) is 24.0. The van der Waals surface area contributed by atoms with E-state index in [4.69, 9.17) is 16.3 Å². The lowest BCUT2D eigenvalue weighted by molar-refractivity contribution is 0.0147. The average Bonchev–Trinajstić information content (AvgIpc) is 2.75. The van der Waals surface area contributed by atoms with Gasteiger partial charge < -0.3 is 19.8 Å². The number of benzene rings is 3. The molecule has 5 nitrogen and oxygen atoms in total. The van der Waals surface area contributed by atoms with Crippen molar-refractivity contribution in [1.82, 2.24) is 4.90 Å². The summed E-state index contributed by atoms with van der Waals surface area (Å²) in [6.45, 7) is 5.93. The van der Waals surface area contributed by atoms with Gasteiger partial charge in [-0.3, -0.25) is 0 Å². The van der Waals surface area contributed by atoms with Gasteiger partial charge in [0.05, 0.1) is 12.6 Å². The van der Waals surface area contributed by atoms with Crippen LogP contribution in [0.4, 0.5) is 4.79 Å². The first kappa shape index (κ1) is 24.6. The third-order valence-electron chi connectivity index (χ3n) is 5.08. The molecule has 2 N–H and O–H groups in total. The van der Waals surface area contributed by atoms with E-state index >= 15 is 0 Å². The molecule has 0 fully saturated rings. The van der Waals surface area contributed by atoms with Crippen molar-refractivity contribution in [3.05, 3.63) is 88.9 Å². The highest BCUT2D eigenvalue weighted by Crippen LogP contribution is 2.24. The Morgan fingerprint density at radius 2 is 1.70 bits per heavy atom. The van der Waals surface area contributed by atoms with Crippen LogP contribution in [0.5, 0.6) is 5.75 Å². The highest BCUT2D eigenvalue weighted by Gasteiger charge is 2.24. The largest absolute Gasteiger partial charge is 0.508 e. The van der Waals surface area contributed by atoms with E-state index < -0.39 is 17.8 Å². The van der Waals surface area contributed by atoms with Crippen LogP contribution in [0.2, 0.25) is 5.02 Å². The van der Waals surface area contributed by atoms with E-state index in [2.05, 4.69) is 0 Å². The van der Waals surface area contributed by atoms with Crippen molar-refractivity contribution in [3.8, 4) is 16.9 Å². The van der Waals surface area contributed by atoms with E-state index in [9.17, 15) is 15.0 Å². The first-order valence-electron chi connectivity index (χ1n) is 10.9. The summed E-state index contributed by atoms with van der Waals surface area (Å²) in [5.41, 5.74) is 2.98. The molecule has 3 aromatic rings. The molecule has 3 rings (SSSR count). The Kier molecular flexibility index (Phi) is 8.01. The maximum absolute atomic E-state index is 12.8. The maximum atomic E-state index is 12.8. The van der Waals surface area contributed by atoms with Gasteiger partial charge in [-0.2, -0.15) is 0 Å². The normalized spacial score (nSPS) is 12.3. The van der Waals surface area contributed by atoms with Crippen molar-refractivity contribution in [2.75, 3.05) is 13.1 Å². The van der Waals surface area contributed by atoms with Gasteiger partial charge in [0.25, 0.3) is 0 Å². The molecule has 0 saturated carbocycles. The number of aliphatic hydroxyl groups is 1. The predicted octanol–water partition coefficient (Wildman–Crippen LogP) is 6.23. The fourth-order valence-electron chi connectivity index (χ4n) is 3.43. The molecule has 3 aromatic carbocycles. The number of aliphatic hydroxyl groups excluding tert-OH is 1. The SMILES string of the molecule is CC(C)(C)OC(=O)N(CCc1ccc(-c2cccc(O)c2)cc1)CC(O)c1cccc(Cl)c1. The Morgan fingerprint density at radius 3 is 2.33 bits per heavy atom. The summed E-state index contributed by atoms with van der Waals surface area (Å²) in [7, 11) is 0. The number of carbonyl (C=O) groups excluding carboxylic acids is 1. The number of carbonyl (C=O) groups is 1. The predicted molar refractivity (Wildman–Crippen MR) is 131 cm³/mol. The molecule has 0 aromatic heterocycles. The molecule has 6 heteroatoms. The van der Waals surface area contributed by atoms with E-state index in [-0.39, 0.29) is 12.3 Å². The van der Waals surface area contributed by atoms with E-state index in [1.165, 1.54) is 4.90 Å². The molecule has 0 bridgehead atoms. The number of hydrogen-bond acceptors (Lipinski definition) is 4. The lowest BCUT2D eigenvalue weighted by atomic mass is 10.0. The van der Waals surface area contributed by atoms with E-state index in [1.54, 1.807) is 36.4 Å². The summed E-state index contributed by atoms with van der Waals surface area (Å²) in [6, 6.07) is 22.1. The smallest absolute Gasteiger partial charge is 0.410 e. The second-order valence-corrected chi connectivity index (χ2v) is 9.43. The van der Waals surface area contributed by atoms with Gasteiger partial charge in [-0.1, -0.05) is 60.1 Å². The number of phenolic OH excluding ortho intramolecular Hbond substituents is 1. The third-order valence-corrected chi connectivity index (χ3v) is 5.32. The first-order chi connectivity index (χ1) is 15.6.